The predicted molar refractivity (Wildman–Crippen MR) is 77.5 cm³/mol. The lowest BCUT2D eigenvalue weighted by atomic mass is 10.1. The molecule has 2 aromatic rings. The molecule has 0 unspecified atom stereocenters. The van der Waals surface area contributed by atoms with Gasteiger partial charge in [0, 0.05) is 11.6 Å². The van der Waals surface area contributed by atoms with Gasteiger partial charge in [0.05, 0.1) is 5.56 Å². The molecule has 0 spiro atoms. The maximum atomic E-state index is 12.1. The third kappa shape index (κ3) is 3.08. The smallest absolute Gasteiger partial charge is 0.259 e. The van der Waals surface area contributed by atoms with Gasteiger partial charge < -0.3 is 5.73 Å². The van der Waals surface area contributed by atoms with E-state index >= 15 is 0 Å². The minimum atomic E-state index is -0.257. The van der Waals surface area contributed by atoms with Crippen LogP contribution in [0.25, 0.3) is 0 Å². The topological polar surface area (TPSA) is 80.9 Å². The number of aromatic nitrogens is 2. The van der Waals surface area contributed by atoms with Crippen molar-refractivity contribution in [2.75, 3.05) is 11.1 Å². The summed E-state index contributed by atoms with van der Waals surface area (Å²) in [6.07, 6.45) is 0. The summed E-state index contributed by atoms with van der Waals surface area (Å²) in [5.41, 5.74) is 7.70. The van der Waals surface area contributed by atoms with Crippen molar-refractivity contribution in [2.45, 2.75) is 26.7 Å². The Morgan fingerprint density at radius 1 is 1.37 bits per heavy atom. The molecule has 1 aromatic carbocycles. The van der Waals surface area contributed by atoms with Gasteiger partial charge in [-0.3, -0.25) is 10.1 Å². The zero-order valence-electron chi connectivity index (χ0n) is 11.1. The number of anilines is 2. The fourth-order valence-electron chi connectivity index (χ4n) is 1.55. The van der Waals surface area contributed by atoms with Crippen LogP contribution in [-0.4, -0.2) is 16.1 Å². The highest BCUT2D eigenvalue weighted by molar-refractivity contribution is 7.15. The van der Waals surface area contributed by atoms with Gasteiger partial charge >= 0.3 is 0 Å². The Morgan fingerprint density at radius 3 is 2.74 bits per heavy atom. The first-order valence-corrected chi connectivity index (χ1v) is 6.80. The van der Waals surface area contributed by atoms with Crippen molar-refractivity contribution < 1.29 is 4.79 Å². The van der Waals surface area contributed by atoms with E-state index in [4.69, 9.17) is 5.73 Å². The van der Waals surface area contributed by atoms with Gasteiger partial charge in [-0.2, -0.15) is 0 Å². The molecular formula is C13H16N4OS. The molecule has 3 N–H and O–H groups in total. The number of hydrogen-bond donors (Lipinski definition) is 2. The number of nitrogens with one attached hydrogen (secondary N) is 1. The zero-order chi connectivity index (χ0) is 14.0. The van der Waals surface area contributed by atoms with E-state index < -0.39 is 0 Å². The number of amides is 1. The van der Waals surface area contributed by atoms with Gasteiger partial charge in [0.25, 0.3) is 5.91 Å². The molecule has 0 aliphatic rings. The Labute approximate surface area is 115 Å². The highest BCUT2D eigenvalue weighted by atomic mass is 32.1. The third-order valence-corrected chi connectivity index (χ3v) is 3.75. The second-order valence-corrected chi connectivity index (χ2v) is 5.65. The summed E-state index contributed by atoms with van der Waals surface area (Å²) in [6.45, 7) is 5.98. The van der Waals surface area contributed by atoms with Crippen LogP contribution >= 0.6 is 11.3 Å². The van der Waals surface area contributed by atoms with Crippen LogP contribution < -0.4 is 11.1 Å². The van der Waals surface area contributed by atoms with Crippen molar-refractivity contribution in [1.82, 2.24) is 10.2 Å². The molecule has 1 heterocycles. The van der Waals surface area contributed by atoms with Crippen LogP contribution in [-0.2, 0) is 0 Å². The first kappa shape index (κ1) is 13.5. The Kier molecular flexibility index (Phi) is 3.80. The van der Waals surface area contributed by atoms with Crippen molar-refractivity contribution in [3.05, 3.63) is 34.3 Å². The first-order valence-electron chi connectivity index (χ1n) is 5.98. The van der Waals surface area contributed by atoms with Crippen LogP contribution in [0.4, 0.5) is 10.8 Å². The van der Waals surface area contributed by atoms with Gasteiger partial charge in [0.15, 0.2) is 0 Å². The molecule has 0 aliphatic carbocycles. The Balaban J connectivity index is 2.18. The van der Waals surface area contributed by atoms with E-state index in [1.54, 1.807) is 12.1 Å². The number of carbonyl (C=O) groups excluding carboxylic acids is 1. The first-order chi connectivity index (χ1) is 8.97. The van der Waals surface area contributed by atoms with Gasteiger partial charge in [0.1, 0.15) is 5.01 Å². The number of benzene rings is 1. The Bertz CT molecular complexity index is 606. The molecule has 0 aliphatic heterocycles. The average molecular weight is 276 g/mol. The minimum absolute atomic E-state index is 0.257. The van der Waals surface area contributed by atoms with E-state index in [0.29, 0.717) is 22.3 Å². The minimum Gasteiger partial charge on any atom is -0.398 e. The molecule has 0 saturated heterocycles. The van der Waals surface area contributed by atoms with Crippen molar-refractivity contribution in [1.29, 1.82) is 0 Å². The van der Waals surface area contributed by atoms with Gasteiger partial charge in [0.2, 0.25) is 5.13 Å². The van der Waals surface area contributed by atoms with E-state index in [2.05, 4.69) is 15.5 Å². The van der Waals surface area contributed by atoms with Crippen LogP contribution in [0, 0.1) is 6.92 Å². The summed E-state index contributed by atoms with van der Waals surface area (Å²) in [6, 6.07) is 5.35. The molecule has 6 heteroatoms. The van der Waals surface area contributed by atoms with E-state index in [-0.39, 0.29) is 5.91 Å². The van der Waals surface area contributed by atoms with Crippen LogP contribution in [0.5, 0.6) is 0 Å². The van der Waals surface area contributed by atoms with Gasteiger partial charge in [-0.15, -0.1) is 10.2 Å². The lowest BCUT2D eigenvalue weighted by molar-refractivity contribution is 0.102. The zero-order valence-corrected chi connectivity index (χ0v) is 11.9. The van der Waals surface area contributed by atoms with Gasteiger partial charge in [-0.05, 0) is 19.1 Å². The van der Waals surface area contributed by atoms with Crippen LogP contribution in [0.3, 0.4) is 0 Å². The van der Waals surface area contributed by atoms with E-state index in [9.17, 15) is 4.79 Å². The Hall–Kier alpha value is -1.95. The quantitative estimate of drug-likeness (QED) is 0.845. The lowest BCUT2D eigenvalue weighted by Crippen LogP contribution is -2.14. The van der Waals surface area contributed by atoms with Crippen molar-refractivity contribution in [3.8, 4) is 0 Å². The second-order valence-electron chi connectivity index (χ2n) is 4.64. The number of rotatable bonds is 3. The highest BCUT2D eigenvalue weighted by Gasteiger charge is 2.14. The van der Waals surface area contributed by atoms with E-state index in [1.807, 2.05) is 26.8 Å². The van der Waals surface area contributed by atoms with Crippen molar-refractivity contribution >= 4 is 28.1 Å². The SMILES string of the molecule is Cc1ccc(N)c(C(=O)Nc2nnc(C(C)C)s2)c1. The molecule has 1 amide bonds. The molecule has 1 aromatic heterocycles. The second kappa shape index (κ2) is 5.36. The molecule has 19 heavy (non-hydrogen) atoms. The summed E-state index contributed by atoms with van der Waals surface area (Å²) in [5, 5.41) is 12.1. The third-order valence-electron chi connectivity index (χ3n) is 2.61. The maximum Gasteiger partial charge on any atom is 0.259 e. The number of hydrogen-bond acceptors (Lipinski definition) is 5. The van der Waals surface area contributed by atoms with Crippen molar-refractivity contribution in [2.24, 2.45) is 0 Å². The largest absolute Gasteiger partial charge is 0.398 e. The number of nitrogen functional groups attached to an aromatic ring is 1. The monoisotopic (exact) mass is 276 g/mol. The number of aryl methyl sites for hydroxylation is 1. The number of nitrogens with two attached hydrogens (primary N) is 1. The molecule has 0 saturated carbocycles. The van der Waals surface area contributed by atoms with Crippen LogP contribution in [0.15, 0.2) is 18.2 Å². The summed E-state index contributed by atoms with van der Waals surface area (Å²) in [5.74, 6) is 0.0415. The normalized spacial score (nSPS) is 10.7. The number of carbonyl (C=O) groups is 1. The average Bonchev–Trinajstić information content (AvgIpc) is 2.80. The van der Waals surface area contributed by atoms with Crippen LogP contribution in [0.2, 0.25) is 0 Å². The van der Waals surface area contributed by atoms with E-state index in [1.165, 1.54) is 11.3 Å². The highest BCUT2D eigenvalue weighted by Crippen LogP contribution is 2.23. The summed E-state index contributed by atoms with van der Waals surface area (Å²) >= 11 is 1.38. The molecular weight excluding hydrogens is 260 g/mol. The molecule has 0 fully saturated rings. The lowest BCUT2D eigenvalue weighted by Gasteiger charge is -2.05. The summed E-state index contributed by atoms with van der Waals surface area (Å²) < 4.78 is 0. The fourth-order valence-corrected chi connectivity index (χ4v) is 2.29. The van der Waals surface area contributed by atoms with E-state index in [0.717, 1.165) is 10.6 Å². The summed E-state index contributed by atoms with van der Waals surface area (Å²) in [7, 11) is 0. The molecule has 0 radical (unpaired) electrons. The fraction of sp³-hybridized carbons (Fsp3) is 0.308. The predicted octanol–water partition coefficient (Wildman–Crippen LogP) is 2.80. The summed E-state index contributed by atoms with van der Waals surface area (Å²) in [4.78, 5) is 12.1. The standard InChI is InChI=1S/C13H16N4OS/c1-7(2)12-16-17-13(19-12)15-11(18)9-6-8(3)4-5-10(9)14/h4-7H,14H2,1-3H3,(H,15,17,18). The number of nitrogens with zero attached hydrogens (tertiary/aromatic N) is 2. The van der Waals surface area contributed by atoms with Gasteiger partial charge in [-0.25, -0.2) is 0 Å². The molecule has 0 bridgehead atoms. The molecule has 100 valence electrons. The van der Waals surface area contributed by atoms with Gasteiger partial charge in [-0.1, -0.05) is 36.8 Å². The Morgan fingerprint density at radius 2 is 2.11 bits per heavy atom. The molecule has 5 nitrogen and oxygen atoms in total. The molecule has 0 atom stereocenters. The maximum absolute atomic E-state index is 12.1. The van der Waals surface area contributed by atoms with Crippen molar-refractivity contribution in [3.63, 3.8) is 0 Å². The van der Waals surface area contributed by atoms with Crippen LogP contribution in [0.1, 0.15) is 40.7 Å². The molecule has 2 rings (SSSR count).